The Labute approximate surface area is 115 Å². The number of aliphatic carboxylic acids is 1. The van der Waals surface area contributed by atoms with Gasteiger partial charge in [-0.1, -0.05) is 35.0 Å². The first-order valence-corrected chi connectivity index (χ1v) is 6.52. The zero-order valence-corrected chi connectivity index (χ0v) is 11.7. The predicted octanol–water partition coefficient (Wildman–Crippen LogP) is 2.22. The Bertz CT molecular complexity index is 417. The molecule has 0 fully saturated rings. The van der Waals surface area contributed by atoms with Gasteiger partial charge >= 0.3 is 5.97 Å². The van der Waals surface area contributed by atoms with Crippen molar-refractivity contribution in [3.8, 4) is 0 Å². The van der Waals surface area contributed by atoms with Crippen LogP contribution in [-0.4, -0.2) is 23.5 Å². The van der Waals surface area contributed by atoms with E-state index in [1.165, 1.54) is 0 Å². The van der Waals surface area contributed by atoms with Crippen LogP contribution in [0.2, 0.25) is 0 Å². The molecule has 2 N–H and O–H groups in total. The molecule has 1 amide bonds. The number of carbonyl (C=O) groups is 2. The minimum Gasteiger partial charge on any atom is -0.481 e. The molecule has 0 heterocycles. The van der Waals surface area contributed by atoms with Gasteiger partial charge in [0.2, 0.25) is 5.91 Å². The molecule has 0 aliphatic rings. The van der Waals surface area contributed by atoms with E-state index in [-0.39, 0.29) is 12.5 Å². The van der Waals surface area contributed by atoms with Crippen LogP contribution in [0, 0.1) is 5.92 Å². The van der Waals surface area contributed by atoms with Gasteiger partial charge in [0, 0.05) is 17.4 Å². The van der Waals surface area contributed by atoms with Crippen LogP contribution in [0.4, 0.5) is 0 Å². The van der Waals surface area contributed by atoms with Gasteiger partial charge in [-0.3, -0.25) is 9.59 Å². The molecule has 18 heavy (non-hydrogen) atoms. The molecular formula is C13H16BrNO3. The van der Waals surface area contributed by atoms with Crippen molar-refractivity contribution < 1.29 is 14.7 Å². The summed E-state index contributed by atoms with van der Waals surface area (Å²) >= 11 is 3.34. The van der Waals surface area contributed by atoms with Gasteiger partial charge in [0.25, 0.3) is 0 Å². The first-order valence-electron chi connectivity index (χ1n) is 5.73. The summed E-state index contributed by atoms with van der Waals surface area (Å²) in [5.41, 5.74) is 1.08. The number of hydrogen-bond donors (Lipinski definition) is 2. The lowest BCUT2D eigenvalue weighted by molar-refractivity contribution is -0.141. The summed E-state index contributed by atoms with van der Waals surface area (Å²) in [5.74, 6) is -1.57. The van der Waals surface area contributed by atoms with Crippen molar-refractivity contribution in [2.45, 2.75) is 19.8 Å². The van der Waals surface area contributed by atoms with Crippen molar-refractivity contribution in [1.29, 1.82) is 0 Å². The van der Waals surface area contributed by atoms with Crippen molar-refractivity contribution in [1.82, 2.24) is 5.32 Å². The fraction of sp³-hybridized carbons (Fsp3) is 0.385. The number of rotatable bonds is 6. The molecule has 0 aromatic heterocycles. The predicted molar refractivity (Wildman–Crippen MR) is 72.3 cm³/mol. The maximum Gasteiger partial charge on any atom is 0.308 e. The van der Waals surface area contributed by atoms with Gasteiger partial charge in [-0.2, -0.15) is 0 Å². The van der Waals surface area contributed by atoms with E-state index >= 15 is 0 Å². The summed E-state index contributed by atoms with van der Waals surface area (Å²) in [7, 11) is 0. The molecule has 0 aliphatic heterocycles. The number of carboxylic acids is 1. The van der Waals surface area contributed by atoms with Crippen molar-refractivity contribution in [2.75, 3.05) is 6.54 Å². The van der Waals surface area contributed by atoms with Gasteiger partial charge in [-0.05, 0) is 24.1 Å². The topological polar surface area (TPSA) is 66.4 Å². The Kier molecular flexibility index (Phi) is 5.85. The summed E-state index contributed by atoms with van der Waals surface area (Å²) in [4.78, 5) is 22.1. The Morgan fingerprint density at radius 2 is 1.94 bits per heavy atom. The molecule has 0 aliphatic carbocycles. The van der Waals surface area contributed by atoms with Gasteiger partial charge < -0.3 is 10.4 Å². The van der Waals surface area contributed by atoms with Crippen LogP contribution in [0.5, 0.6) is 0 Å². The molecule has 0 saturated heterocycles. The number of halogens is 1. The number of carboxylic acid groups (broad SMARTS) is 1. The number of aryl methyl sites for hydroxylation is 1. The lowest BCUT2D eigenvalue weighted by atomic mass is 10.1. The Balaban J connectivity index is 2.29. The van der Waals surface area contributed by atoms with Crippen molar-refractivity contribution in [3.05, 3.63) is 34.3 Å². The third kappa shape index (κ3) is 5.31. The van der Waals surface area contributed by atoms with Crippen LogP contribution in [0.25, 0.3) is 0 Å². The first kappa shape index (κ1) is 14.7. The van der Waals surface area contributed by atoms with E-state index < -0.39 is 11.9 Å². The SMILES string of the molecule is C[C@H](CNC(=O)CCc1ccc(Br)cc1)C(=O)O. The second-order valence-electron chi connectivity index (χ2n) is 4.17. The monoisotopic (exact) mass is 313 g/mol. The summed E-state index contributed by atoms with van der Waals surface area (Å²) in [6, 6.07) is 7.77. The van der Waals surface area contributed by atoms with Gasteiger partial charge in [0.15, 0.2) is 0 Å². The minimum atomic E-state index is -0.900. The molecule has 0 spiro atoms. The van der Waals surface area contributed by atoms with Gasteiger partial charge in [-0.25, -0.2) is 0 Å². The zero-order chi connectivity index (χ0) is 13.5. The van der Waals surface area contributed by atoms with Gasteiger partial charge in [-0.15, -0.1) is 0 Å². The van der Waals surface area contributed by atoms with E-state index in [1.807, 2.05) is 24.3 Å². The Hall–Kier alpha value is -1.36. The average molecular weight is 314 g/mol. The van der Waals surface area contributed by atoms with Gasteiger partial charge in [0.05, 0.1) is 5.92 Å². The summed E-state index contributed by atoms with van der Waals surface area (Å²) in [5, 5.41) is 11.3. The number of carbonyl (C=O) groups excluding carboxylic acids is 1. The molecule has 98 valence electrons. The normalized spacial score (nSPS) is 11.9. The molecule has 0 unspecified atom stereocenters. The number of hydrogen-bond acceptors (Lipinski definition) is 2. The molecule has 0 bridgehead atoms. The highest BCUT2D eigenvalue weighted by atomic mass is 79.9. The summed E-state index contributed by atoms with van der Waals surface area (Å²) in [6.07, 6.45) is 1.02. The summed E-state index contributed by atoms with van der Waals surface area (Å²) in [6.45, 7) is 1.74. The van der Waals surface area contributed by atoms with Crippen molar-refractivity contribution in [2.24, 2.45) is 5.92 Å². The third-order valence-electron chi connectivity index (χ3n) is 2.58. The van der Waals surface area contributed by atoms with E-state index in [4.69, 9.17) is 5.11 Å². The Morgan fingerprint density at radius 3 is 2.50 bits per heavy atom. The molecule has 5 heteroatoms. The second-order valence-corrected chi connectivity index (χ2v) is 5.09. The molecule has 1 aromatic carbocycles. The van der Waals surface area contributed by atoms with Crippen LogP contribution in [0.15, 0.2) is 28.7 Å². The molecule has 4 nitrogen and oxygen atoms in total. The van der Waals surface area contributed by atoms with E-state index in [2.05, 4.69) is 21.2 Å². The standard InChI is InChI=1S/C13H16BrNO3/c1-9(13(17)18)8-15-12(16)7-4-10-2-5-11(14)6-3-10/h2-3,5-6,9H,4,7-8H2,1H3,(H,15,16)(H,17,18)/t9-/m1/s1. The average Bonchev–Trinajstić information content (AvgIpc) is 2.35. The molecular weight excluding hydrogens is 298 g/mol. The lowest BCUT2D eigenvalue weighted by Crippen LogP contribution is -2.31. The van der Waals surface area contributed by atoms with Crippen LogP contribution in [0.1, 0.15) is 18.9 Å². The fourth-order valence-corrected chi connectivity index (χ4v) is 1.62. The highest BCUT2D eigenvalue weighted by molar-refractivity contribution is 9.10. The largest absolute Gasteiger partial charge is 0.481 e. The van der Waals surface area contributed by atoms with Crippen LogP contribution >= 0.6 is 15.9 Å². The highest BCUT2D eigenvalue weighted by Crippen LogP contribution is 2.11. The van der Waals surface area contributed by atoms with Crippen LogP contribution in [0.3, 0.4) is 0 Å². The highest BCUT2D eigenvalue weighted by Gasteiger charge is 2.11. The number of benzene rings is 1. The fourth-order valence-electron chi connectivity index (χ4n) is 1.35. The van der Waals surface area contributed by atoms with E-state index in [9.17, 15) is 9.59 Å². The molecule has 0 radical (unpaired) electrons. The second kappa shape index (κ2) is 7.16. The maximum absolute atomic E-state index is 11.5. The van der Waals surface area contributed by atoms with Gasteiger partial charge in [0.1, 0.15) is 0 Å². The molecule has 1 rings (SSSR count). The van der Waals surface area contributed by atoms with E-state index in [1.54, 1.807) is 6.92 Å². The maximum atomic E-state index is 11.5. The zero-order valence-electron chi connectivity index (χ0n) is 10.1. The van der Waals surface area contributed by atoms with Crippen molar-refractivity contribution >= 4 is 27.8 Å². The number of amides is 1. The van der Waals surface area contributed by atoms with Crippen molar-refractivity contribution in [3.63, 3.8) is 0 Å². The summed E-state index contributed by atoms with van der Waals surface area (Å²) < 4.78 is 1.01. The number of nitrogens with one attached hydrogen (secondary N) is 1. The van der Waals surface area contributed by atoms with E-state index in [0.29, 0.717) is 12.8 Å². The molecule has 0 saturated carbocycles. The lowest BCUT2D eigenvalue weighted by Gasteiger charge is -2.08. The van der Waals surface area contributed by atoms with Crippen LogP contribution < -0.4 is 5.32 Å². The quantitative estimate of drug-likeness (QED) is 0.846. The third-order valence-corrected chi connectivity index (χ3v) is 3.11. The minimum absolute atomic E-state index is 0.119. The molecule has 1 atom stereocenters. The van der Waals surface area contributed by atoms with Crippen LogP contribution in [-0.2, 0) is 16.0 Å². The first-order chi connectivity index (χ1) is 8.49. The van der Waals surface area contributed by atoms with E-state index in [0.717, 1.165) is 10.0 Å². The smallest absolute Gasteiger partial charge is 0.308 e. The Morgan fingerprint density at radius 1 is 1.33 bits per heavy atom. The molecule has 1 aromatic rings.